The van der Waals surface area contributed by atoms with Gasteiger partial charge in [-0.3, -0.25) is 4.79 Å². The van der Waals surface area contributed by atoms with Crippen LogP contribution in [-0.4, -0.2) is 40.2 Å². The lowest BCUT2D eigenvalue weighted by atomic mass is 10.4. The van der Waals surface area contributed by atoms with Crippen molar-refractivity contribution in [3.05, 3.63) is 0 Å². The van der Waals surface area contributed by atoms with E-state index in [1.54, 1.807) is 0 Å². The smallest absolute Gasteiger partial charge is 0.321 e. The molecule has 0 aromatic rings. The van der Waals surface area contributed by atoms with Crippen LogP contribution in [-0.2, 0) is 4.79 Å². The minimum atomic E-state index is -3.03. The quantitative estimate of drug-likeness (QED) is 0.498. The van der Waals surface area contributed by atoms with Crippen LogP contribution in [0.4, 0.5) is 0 Å². The number of hydrogen-bond acceptors (Lipinski definition) is 4. The van der Waals surface area contributed by atoms with Gasteiger partial charge in [-0.15, -0.1) is 0 Å². The van der Waals surface area contributed by atoms with Gasteiger partial charge in [0.2, 0.25) is 0 Å². The summed E-state index contributed by atoms with van der Waals surface area (Å²) in [6.07, 6.45) is 0. The molecule has 4 N–H and O–H groups in total. The monoisotopic (exact) mass is 169 g/mol. The summed E-state index contributed by atoms with van der Waals surface area (Å²) < 4.78 is 27.6. The molecule has 1 atom stereocenters. The number of carboxylic acid groups (broad SMARTS) is 1. The van der Waals surface area contributed by atoms with Gasteiger partial charge >= 0.3 is 5.97 Å². The van der Waals surface area contributed by atoms with Crippen LogP contribution in [0.2, 0.25) is 0 Å². The first-order chi connectivity index (χ1) is 6.08. The Morgan fingerprint density at radius 3 is 2.90 bits per heavy atom. The fourth-order valence-corrected chi connectivity index (χ4v) is 0.705. The van der Waals surface area contributed by atoms with E-state index in [2.05, 4.69) is 0 Å². The first kappa shape index (κ1) is 4.58. The molecule has 0 bridgehead atoms. The number of hydrogen-bond donors (Lipinski definition) is 3. The molecule has 60 valence electrons. The summed E-state index contributed by atoms with van der Waals surface area (Å²) in [5.41, 5.74) is 2.49. The molecule has 0 aliphatic rings. The Kier molecular flexibility index (Phi) is 2.53. The Bertz CT molecular complexity index is 220. The van der Waals surface area contributed by atoms with Crippen LogP contribution in [0.15, 0.2) is 0 Å². The molecule has 10 heavy (non-hydrogen) atoms. The van der Waals surface area contributed by atoms with E-state index < -0.39 is 24.3 Å². The predicted molar refractivity (Wildman–Crippen MR) is 40.0 cm³/mol. The first-order valence-electron chi connectivity index (χ1n) is 4.42. The molecule has 0 fully saturated rings. The van der Waals surface area contributed by atoms with Gasteiger partial charge in [0.1, 0.15) is 6.04 Å². The van der Waals surface area contributed by atoms with Crippen LogP contribution >= 0.6 is 11.8 Å². The van der Waals surface area contributed by atoms with Gasteiger partial charge < -0.3 is 15.9 Å². The Balaban J connectivity index is 4.20. The average Bonchev–Trinajstić information content (AvgIpc) is 1.97. The zero-order valence-electron chi connectivity index (χ0n) is 9.07. The normalized spacial score (nSPS) is 21.8. The van der Waals surface area contributed by atoms with Gasteiger partial charge in [-0.1, -0.05) is 0 Å². The second-order valence-corrected chi connectivity index (χ2v) is 2.30. The average molecular weight is 169 g/mol. The molecule has 0 heterocycles. The topological polar surface area (TPSA) is 83.5 Å². The summed E-state index contributed by atoms with van der Waals surface area (Å²) in [5, 5.41) is 17.1. The van der Waals surface area contributed by atoms with E-state index in [0.29, 0.717) is 11.8 Å². The summed E-state index contributed by atoms with van der Waals surface area (Å²) in [7, 11) is 0. The SMILES string of the molecule is [2H]C([2H])(O)C([2H])([2H])SC[C@H](N)C(=O)O. The van der Waals surface area contributed by atoms with Gasteiger partial charge in [0.05, 0.1) is 9.30 Å². The number of carbonyl (C=O) groups is 1. The van der Waals surface area contributed by atoms with Gasteiger partial charge in [0, 0.05) is 14.2 Å². The standard InChI is InChI=1S/C5H11NO3S/c6-4(5(8)9)3-10-2-1-7/h4,7H,1-3,6H2,(H,8,9)/t4-/m0/s1/i1D2,2D2. The highest BCUT2D eigenvalue weighted by atomic mass is 32.2. The van der Waals surface area contributed by atoms with Crippen LogP contribution in [0.1, 0.15) is 5.48 Å². The molecule has 0 amide bonds. The molecule has 0 rings (SSSR count). The zero-order valence-corrected chi connectivity index (χ0v) is 5.89. The molecular formula is C5H11NO3S. The van der Waals surface area contributed by atoms with Gasteiger partial charge in [-0.25, -0.2) is 0 Å². The molecule has 0 saturated carbocycles. The number of thioether (sulfide) groups is 1. The highest BCUT2D eigenvalue weighted by Crippen LogP contribution is 1.99. The van der Waals surface area contributed by atoms with E-state index in [9.17, 15) is 4.79 Å². The Morgan fingerprint density at radius 2 is 2.50 bits per heavy atom. The second-order valence-electron chi connectivity index (χ2n) is 1.47. The van der Waals surface area contributed by atoms with Crippen molar-refractivity contribution < 1.29 is 20.5 Å². The maximum atomic E-state index is 10.2. The second kappa shape index (κ2) is 5.52. The maximum Gasteiger partial charge on any atom is 0.321 e. The highest BCUT2D eigenvalue weighted by molar-refractivity contribution is 7.99. The van der Waals surface area contributed by atoms with E-state index >= 15 is 0 Å². The molecule has 0 unspecified atom stereocenters. The molecule has 0 spiro atoms. The van der Waals surface area contributed by atoms with Gasteiger partial charge in [-0.2, -0.15) is 11.8 Å². The lowest BCUT2D eigenvalue weighted by Crippen LogP contribution is -2.32. The lowest BCUT2D eigenvalue weighted by molar-refractivity contribution is -0.137. The molecule has 0 aromatic heterocycles. The number of aliphatic carboxylic acids is 1. The lowest BCUT2D eigenvalue weighted by Gasteiger charge is -2.03. The van der Waals surface area contributed by atoms with Crippen LogP contribution in [0.25, 0.3) is 0 Å². The van der Waals surface area contributed by atoms with Gasteiger partial charge in [-0.05, 0) is 0 Å². The van der Waals surface area contributed by atoms with Crippen LogP contribution in [0.5, 0.6) is 0 Å². The van der Waals surface area contributed by atoms with Crippen molar-refractivity contribution in [3.63, 3.8) is 0 Å². The number of nitrogens with two attached hydrogens (primary N) is 1. The third-order valence-corrected chi connectivity index (χ3v) is 1.46. The van der Waals surface area contributed by atoms with Crippen molar-refractivity contribution in [1.82, 2.24) is 0 Å². The molecular weight excluding hydrogens is 154 g/mol. The molecule has 0 aliphatic carbocycles. The molecule has 0 aliphatic heterocycles. The van der Waals surface area contributed by atoms with E-state index in [1.807, 2.05) is 0 Å². The van der Waals surface area contributed by atoms with Crippen LogP contribution in [0, 0.1) is 0 Å². The van der Waals surface area contributed by atoms with Crippen molar-refractivity contribution in [2.24, 2.45) is 5.73 Å². The van der Waals surface area contributed by atoms with E-state index in [0.717, 1.165) is 0 Å². The van der Waals surface area contributed by atoms with Crippen molar-refractivity contribution >= 4 is 17.7 Å². The fraction of sp³-hybridized carbons (Fsp3) is 0.800. The Morgan fingerprint density at radius 1 is 1.90 bits per heavy atom. The molecule has 4 nitrogen and oxygen atoms in total. The number of rotatable bonds is 5. The van der Waals surface area contributed by atoms with Crippen LogP contribution < -0.4 is 5.73 Å². The molecule has 0 saturated heterocycles. The molecule has 0 radical (unpaired) electrons. The van der Waals surface area contributed by atoms with Crippen molar-refractivity contribution in [1.29, 1.82) is 0 Å². The first-order valence-corrected chi connectivity index (χ1v) is 3.41. The summed E-state index contributed by atoms with van der Waals surface area (Å²) in [4.78, 5) is 10.2. The summed E-state index contributed by atoms with van der Waals surface area (Å²) in [5.74, 6) is -1.62. The van der Waals surface area contributed by atoms with Gasteiger partial charge in [0.15, 0.2) is 0 Å². The van der Waals surface area contributed by atoms with E-state index in [4.69, 9.17) is 21.4 Å². The van der Waals surface area contributed by atoms with Crippen molar-refractivity contribution in [2.45, 2.75) is 6.04 Å². The van der Waals surface area contributed by atoms with Crippen molar-refractivity contribution in [3.8, 4) is 0 Å². The van der Waals surface area contributed by atoms with E-state index in [-0.39, 0.29) is 5.75 Å². The van der Waals surface area contributed by atoms with Crippen molar-refractivity contribution in [2.75, 3.05) is 18.0 Å². The van der Waals surface area contributed by atoms with Gasteiger partial charge in [0.25, 0.3) is 0 Å². The largest absolute Gasteiger partial charge is 0.480 e. The summed E-state index contributed by atoms with van der Waals surface area (Å²) >= 11 is 0.325. The molecule has 5 heteroatoms. The summed E-state index contributed by atoms with van der Waals surface area (Å²) in [6.45, 7) is -3.03. The van der Waals surface area contributed by atoms with E-state index in [1.165, 1.54) is 0 Å². The molecule has 0 aromatic carbocycles. The Labute approximate surface area is 69.0 Å². The minimum Gasteiger partial charge on any atom is -0.480 e. The minimum absolute atomic E-state index is 0.317. The van der Waals surface area contributed by atoms with Crippen LogP contribution in [0.3, 0.4) is 0 Å². The third kappa shape index (κ3) is 4.60. The number of aliphatic hydroxyl groups is 1. The maximum absolute atomic E-state index is 10.2. The highest BCUT2D eigenvalue weighted by Gasteiger charge is 2.09. The zero-order chi connectivity index (χ0) is 11.6. The predicted octanol–water partition coefficient (Wildman–Crippen LogP) is -0.876. The number of carboxylic acids is 1. The fourth-order valence-electron chi connectivity index (χ4n) is 0.235. The summed E-state index contributed by atoms with van der Waals surface area (Å²) in [6, 6.07) is -1.28. The Hall–Kier alpha value is -0.260. The third-order valence-electron chi connectivity index (χ3n) is 0.698.